The summed E-state index contributed by atoms with van der Waals surface area (Å²) in [5.74, 6) is -0.167. The van der Waals surface area contributed by atoms with Crippen LogP contribution in [-0.4, -0.2) is 85.0 Å². The van der Waals surface area contributed by atoms with Gasteiger partial charge in [-0.1, -0.05) is 66.7 Å². The molecule has 4 amide bonds. The van der Waals surface area contributed by atoms with Crippen molar-refractivity contribution in [1.82, 2.24) is 29.7 Å². The van der Waals surface area contributed by atoms with Gasteiger partial charge in [-0.25, -0.2) is 14.8 Å². The number of carbonyl (C=O) groups excluding carboxylic acids is 4. The average molecular weight is 661 g/mol. The normalized spacial score (nSPS) is 19.7. The Bertz CT molecular complexity index is 1920. The van der Waals surface area contributed by atoms with E-state index >= 15 is 0 Å². The molecule has 2 atom stereocenters. The number of fused-ring (bicyclic) bond motifs is 2. The van der Waals surface area contributed by atoms with Crippen molar-refractivity contribution in [2.75, 3.05) is 19.6 Å². The molecule has 3 fully saturated rings. The minimum Gasteiger partial charge on any atom is -0.508 e. The quantitative estimate of drug-likeness (QED) is 0.194. The fraction of sp³-hybridized carbons (Fsp3) is 0.316. The minimum absolute atomic E-state index is 0.0749. The van der Waals surface area contributed by atoms with Crippen LogP contribution in [0.5, 0.6) is 5.75 Å². The number of para-hydroxylation sites is 1. The van der Waals surface area contributed by atoms with Gasteiger partial charge in [0, 0.05) is 56.2 Å². The molecule has 2 saturated heterocycles. The van der Waals surface area contributed by atoms with Crippen molar-refractivity contribution in [3.63, 3.8) is 0 Å². The molecule has 1 saturated carbocycles. The second-order valence-electron chi connectivity index (χ2n) is 13.1. The summed E-state index contributed by atoms with van der Waals surface area (Å²) in [6.07, 6.45) is 4.76. The molecule has 3 aliphatic rings. The van der Waals surface area contributed by atoms with E-state index < -0.39 is 18.2 Å². The largest absolute Gasteiger partial charge is 0.508 e. The number of carbonyl (C=O) groups is 4. The molecule has 49 heavy (non-hydrogen) atoms. The van der Waals surface area contributed by atoms with Crippen LogP contribution < -0.4 is 5.32 Å². The molecule has 1 aromatic heterocycles. The number of amides is 4. The number of aromatic nitrogens is 1. The van der Waals surface area contributed by atoms with Crippen molar-refractivity contribution in [1.29, 1.82) is 0 Å². The Kier molecular flexibility index (Phi) is 8.68. The Balaban J connectivity index is 1.26. The van der Waals surface area contributed by atoms with Crippen molar-refractivity contribution in [2.45, 2.75) is 44.6 Å². The number of hydrazine groups is 1. The van der Waals surface area contributed by atoms with E-state index in [0.29, 0.717) is 5.56 Å². The molecule has 2 unspecified atom stereocenters. The second kappa shape index (κ2) is 13.2. The first kappa shape index (κ1) is 32.1. The molecule has 2 aliphatic heterocycles. The van der Waals surface area contributed by atoms with Crippen molar-refractivity contribution in [3.05, 3.63) is 114 Å². The molecule has 1 aliphatic carbocycles. The number of nitrogens with one attached hydrogen (secondary N) is 1. The zero-order valence-corrected chi connectivity index (χ0v) is 27.5. The van der Waals surface area contributed by atoms with Gasteiger partial charge in [0.2, 0.25) is 11.8 Å². The van der Waals surface area contributed by atoms with Gasteiger partial charge in [0.05, 0.1) is 18.6 Å². The molecule has 0 bridgehead atoms. The smallest absolute Gasteiger partial charge is 0.334 e. The molecule has 11 heteroatoms. The molecule has 252 valence electrons. The second-order valence-corrected chi connectivity index (χ2v) is 13.1. The summed E-state index contributed by atoms with van der Waals surface area (Å²) >= 11 is 0. The lowest BCUT2D eigenvalue weighted by atomic mass is 9.97. The van der Waals surface area contributed by atoms with E-state index in [1.807, 2.05) is 66.3 Å². The highest BCUT2D eigenvalue weighted by Crippen LogP contribution is 2.36. The van der Waals surface area contributed by atoms with Crippen molar-refractivity contribution in [2.24, 2.45) is 13.0 Å². The van der Waals surface area contributed by atoms with Gasteiger partial charge in [-0.05, 0) is 41.7 Å². The average Bonchev–Trinajstić information content (AvgIpc) is 3.89. The van der Waals surface area contributed by atoms with Crippen molar-refractivity contribution in [3.8, 4) is 5.75 Å². The fourth-order valence-corrected chi connectivity index (χ4v) is 7.20. The molecular formula is C38H40N6O5. The Hall–Kier alpha value is -5.42. The first-order chi connectivity index (χ1) is 23.7. The van der Waals surface area contributed by atoms with Crippen LogP contribution in [-0.2, 0) is 36.1 Å². The van der Waals surface area contributed by atoms with Crippen molar-refractivity contribution >= 4 is 34.5 Å². The summed E-state index contributed by atoms with van der Waals surface area (Å²) in [6.45, 7) is 4.61. The number of benzene rings is 3. The summed E-state index contributed by atoms with van der Waals surface area (Å²) in [5, 5.41) is 17.0. The van der Waals surface area contributed by atoms with Gasteiger partial charge in [-0.15, -0.1) is 6.58 Å². The predicted molar refractivity (Wildman–Crippen MR) is 184 cm³/mol. The molecule has 11 nitrogen and oxygen atoms in total. The van der Waals surface area contributed by atoms with E-state index in [-0.39, 0.29) is 68.4 Å². The maximum atomic E-state index is 14.5. The summed E-state index contributed by atoms with van der Waals surface area (Å²) < 4.78 is 1.95. The molecular weight excluding hydrogens is 620 g/mol. The maximum Gasteiger partial charge on any atom is 0.334 e. The van der Waals surface area contributed by atoms with Gasteiger partial charge in [-0.3, -0.25) is 14.4 Å². The lowest BCUT2D eigenvalue weighted by Gasteiger charge is -2.55. The molecule has 2 N–H and O–H groups in total. The Morgan fingerprint density at radius 3 is 2.45 bits per heavy atom. The van der Waals surface area contributed by atoms with Gasteiger partial charge >= 0.3 is 6.03 Å². The number of hydrogen-bond acceptors (Lipinski definition) is 6. The van der Waals surface area contributed by atoms with Gasteiger partial charge in [0.1, 0.15) is 18.0 Å². The number of urea groups is 1. The van der Waals surface area contributed by atoms with Crippen LogP contribution in [0.15, 0.2) is 91.6 Å². The number of ketones is 1. The minimum atomic E-state index is -0.897. The van der Waals surface area contributed by atoms with Crippen LogP contribution >= 0.6 is 0 Å². The molecule has 4 aromatic rings. The van der Waals surface area contributed by atoms with E-state index in [1.54, 1.807) is 50.2 Å². The van der Waals surface area contributed by atoms with Crippen LogP contribution in [0.3, 0.4) is 0 Å². The van der Waals surface area contributed by atoms with Crippen LogP contribution in [0.25, 0.3) is 10.9 Å². The van der Waals surface area contributed by atoms with E-state index in [4.69, 9.17) is 0 Å². The summed E-state index contributed by atoms with van der Waals surface area (Å²) in [4.78, 5) is 58.9. The highest BCUT2D eigenvalue weighted by atomic mass is 16.3. The SMILES string of the molecule is C=CCN1CC(=O)N2C(Cc3ccc(O)cc3)C(=O)N(Cc3cccc4c(C(=O)C5CC5)cn(C)c34)CC2N1C(=O)NCc1ccccc1. The summed E-state index contributed by atoms with van der Waals surface area (Å²) in [6, 6.07) is 20.7. The van der Waals surface area contributed by atoms with Crippen molar-refractivity contribution < 1.29 is 24.3 Å². The number of Topliss-reactive ketones (excluding diaryl/α,β-unsaturated/α-hetero) is 1. The number of phenols is 1. The summed E-state index contributed by atoms with van der Waals surface area (Å²) in [7, 11) is 1.91. The van der Waals surface area contributed by atoms with Crippen LogP contribution in [0, 0.1) is 5.92 Å². The molecule has 0 spiro atoms. The maximum absolute atomic E-state index is 14.5. The third kappa shape index (κ3) is 6.29. The molecule has 7 rings (SSSR count). The monoisotopic (exact) mass is 660 g/mol. The number of rotatable bonds is 10. The number of aromatic hydroxyl groups is 1. The zero-order chi connectivity index (χ0) is 34.2. The van der Waals surface area contributed by atoms with E-state index in [2.05, 4.69) is 11.9 Å². The Labute approximate surface area is 285 Å². The standard InChI is InChI=1S/C38H40N6O5/c1-3-18-42-24-34(46)43-32(19-25-12-16-29(45)17-13-25)37(48)41(23-33(43)44(42)38(49)39-20-26-8-5-4-6-9-26)21-28-10-7-11-30-31(22-40(2)35(28)30)36(47)27-14-15-27/h3-13,16-17,22,27,32-33,45H,1,14-15,18-21,23-24H2,2H3,(H,39,49). The number of phenolic OH excluding ortho intramolecular Hbond substituents is 1. The molecule has 0 radical (unpaired) electrons. The first-order valence-electron chi connectivity index (χ1n) is 16.7. The number of hydrogen-bond donors (Lipinski definition) is 2. The highest BCUT2D eigenvalue weighted by Gasteiger charge is 2.51. The Morgan fingerprint density at radius 1 is 0.980 bits per heavy atom. The Morgan fingerprint density at radius 2 is 1.73 bits per heavy atom. The zero-order valence-electron chi connectivity index (χ0n) is 27.5. The summed E-state index contributed by atoms with van der Waals surface area (Å²) in [5.41, 5.74) is 4.14. The van der Waals surface area contributed by atoms with Gasteiger partial charge < -0.3 is 24.8 Å². The third-order valence-corrected chi connectivity index (χ3v) is 9.69. The lowest BCUT2D eigenvalue weighted by molar-refractivity contribution is -0.189. The van der Waals surface area contributed by atoms with Crippen LogP contribution in [0.2, 0.25) is 0 Å². The lowest BCUT2D eigenvalue weighted by Crippen LogP contribution is -2.76. The van der Waals surface area contributed by atoms with E-state index in [1.165, 1.54) is 0 Å². The number of piperazine rings is 1. The molecule has 3 heterocycles. The number of aryl methyl sites for hydroxylation is 1. The van der Waals surface area contributed by atoms with Crippen LogP contribution in [0.4, 0.5) is 4.79 Å². The fourth-order valence-electron chi connectivity index (χ4n) is 7.20. The third-order valence-electron chi connectivity index (χ3n) is 9.69. The van der Waals surface area contributed by atoms with Gasteiger partial charge in [-0.2, -0.15) is 0 Å². The highest BCUT2D eigenvalue weighted by molar-refractivity contribution is 6.10. The predicted octanol–water partition coefficient (Wildman–Crippen LogP) is 4.21. The van der Waals surface area contributed by atoms with E-state index in [9.17, 15) is 24.3 Å². The molecule has 3 aromatic carbocycles. The topological polar surface area (TPSA) is 118 Å². The van der Waals surface area contributed by atoms with Gasteiger partial charge in [0.25, 0.3) is 0 Å². The first-order valence-corrected chi connectivity index (χ1v) is 16.7. The van der Waals surface area contributed by atoms with Crippen LogP contribution in [0.1, 0.15) is 39.9 Å². The van der Waals surface area contributed by atoms with E-state index in [0.717, 1.165) is 40.4 Å². The van der Waals surface area contributed by atoms with Gasteiger partial charge in [0.15, 0.2) is 5.78 Å². The number of nitrogens with zero attached hydrogens (tertiary/aromatic N) is 5.